The van der Waals surface area contributed by atoms with Gasteiger partial charge in [-0.3, -0.25) is 4.90 Å². The fourth-order valence-corrected chi connectivity index (χ4v) is 3.92. The summed E-state index contributed by atoms with van der Waals surface area (Å²) < 4.78 is 13.8. The van der Waals surface area contributed by atoms with Gasteiger partial charge in [0.1, 0.15) is 5.82 Å². The van der Waals surface area contributed by atoms with Crippen molar-refractivity contribution in [2.45, 2.75) is 51.1 Å². The maximum atomic E-state index is 13.8. The molecule has 1 saturated heterocycles. The Morgan fingerprint density at radius 1 is 1.24 bits per heavy atom. The Morgan fingerprint density at radius 2 is 2.05 bits per heavy atom. The number of nitrogens with zero attached hydrogens (tertiary/aromatic N) is 1. The van der Waals surface area contributed by atoms with Gasteiger partial charge in [0.2, 0.25) is 0 Å². The number of rotatable bonds is 4. The number of hydrogen-bond acceptors (Lipinski definition) is 2. The van der Waals surface area contributed by atoms with Crippen LogP contribution in [-0.4, -0.2) is 31.1 Å². The van der Waals surface area contributed by atoms with E-state index in [-0.39, 0.29) is 5.82 Å². The minimum Gasteiger partial charge on any atom is -0.319 e. The molecule has 1 saturated carbocycles. The van der Waals surface area contributed by atoms with Gasteiger partial charge in [0.05, 0.1) is 0 Å². The minimum absolute atomic E-state index is 0.0983. The first kappa shape index (κ1) is 15.0. The summed E-state index contributed by atoms with van der Waals surface area (Å²) in [4.78, 5) is 2.68. The Bertz CT molecular complexity index is 484. The van der Waals surface area contributed by atoms with E-state index < -0.39 is 0 Å². The van der Waals surface area contributed by atoms with Crippen molar-refractivity contribution in [1.29, 1.82) is 0 Å². The summed E-state index contributed by atoms with van der Waals surface area (Å²) in [6.45, 7) is 4.32. The molecule has 0 aromatic heterocycles. The van der Waals surface area contributed by atoms with Gasteiger partial charge in [0.25, 0.3) is 0 Å². The van der Waals surface area contributed by atoms with E-state index >= 15 is 0 Å². The number of aryl methyl sites for hydroxylation is 1. The Morgan fingerprint density at radius 3 is 2.76 bits per heavy atom. The molecule has 116 valence electrons. The lowest BCUT2D eigenvalue weighted by Gasteiger charge is -2.36. The van der Waals surface area contributed by atoms with Crippen molar-refractivity contribution in [1.82, 2.24) is 10.2 Å². The zero-order valence-corrected chi connectivity index (χ0v) is 13.2. The van der Waals surface area contributed by atoms with Crippen LogP contribution in [0.25, 0.3) is 0 Å². The second kappa shape index (κ2) is 6.45. The van der Waals surface area contributed by atoms with Gasteiger partial charge in [-0.15, -0.1) is 0 Å². The van der Waals surface area contributed by atoms with E-state index in [1.54, 1.807) is 12.1 Å². The summed E-state index contributed by atoms with van der Waals surface area (Å²) in [6, 6.07) is 6.42. The number of benzene rings is 1. The minimum atomic E-state index is -0.0983. The van der Waals surface area contributed by atoms with E-state index in [1.807, 2.05) is 13.1 Å². The predicted octanol–water partition coefficient (Wildman–Crippen LogP) is 3.66. The van der Waals surface area contributed by atoms with Crippen LogP contribution in [0.4, 0.5) is 4.39 Å². The van der Waals surface area contributed by atoms with Crippen molar-refractivity contribution < 1.29 is 4.39 Å². The molecule has 1 aliphatic heterocycles. The highest BCUT2D eigenvalue weighted by molar-refractivity contribution is 5.31. The van der Waals surface area contributed by atoms with Crippen LogP contribution in [0.5, 0.6) is 0 Å². The Kier molecular flexibility index (Phi) is 4.60. The number of likely N-dealkylation sites (tertiary alicyclic amines) is 1. The molecule has 2 aliphatic rings. The highest BCUT2D eigenvalue weighted by Gasteiger charge is 2.39. The molecule has 1 N–H and O–H groups in total. The number of nitrogens with one attached hydrogen (secondary N) is 1. The first-order valence-corrected chi connectivity index (χ1v) is 8.37. The van der Waals surface area contributed by atoms with Crippen LogP contribution in [0.1, 0.15) is 49.3 Å². The second-order valence-corrected chi connectivity index (χ2v) is 6.73. The van der Waals surface area contributed by atoms with E-state index in [1.165, 1.54) is 49.8 Å². The highest BCUT2D eigenvalue weighted by Crippen LogP contribution is 2.42. The van der Waals surface area contributed by atoms with Crippen molar-refractivity contribution in [2.75, 3.05) is 20.1 Å². The third kappa shape index (κ3) is 3.29. The summed E-state index contributed by atoms with van der Waals surface area (Å²) in [5, 5.41) is 3.36. The summed E-state index contributed by atoms with van der Waals surface area (Å²) in [6.07, 6.45) is 6.45. The molecule has 1 aromatic rings. The molecule has 3 heteroatoms. The van der Waals surface area contributed by atoms with Crippen LogP contribution in [-0.2, 0) is 0 Å². The monoisotopic (exact) mass is 290 g/mol. The Hall–Kier alpha value is -0.930. The van der Waals surface area contributed by atoms with Crippen LogP contribution >= 0.6 is 0 Å². The van der Waals surface area contributed by atoms with E-state index in [0.29, 0.717) is 12.0 Å². The molecule has 1 aromatic carbocycles. The first-order chi connectivity index (χ1) is 10.2. The van der Waals surface area contributed by atoms with Gasteiger partial charge in [-0.2, -0.15) is 0 Å². The molecule has 0 spiro atoms. The third-order valence-corrected chi connectivity index (χ3v) is 5.09. The summed E-state index contributed by atoms with van der Waals surface area (Å²) >= 11 is 0. The summed E-state index contributed by atoms with van der Waals surface area (Å²) in [5.41, 5.74) is 2.44. The second-order valence-electron chi connectivity index (χ2n) is 6.73. The van der Waals surface area contributed by atoms with Gasteiger partial charge in [0.15, 0.2) is 0 Å². The molecule has 21 heavy (non-hydrogen) atoms. The van der Waals surface area contributed by atoms with Crippen molar-refractivity contribution in [3.63, 3.8) is 0 Å². The molecule has 2 atom stereocenters. The topological polar surface area (TPSA) is 15.3 Å². The molecule has 2 unspecified atom stereocenters. The van der Waals surface area contributed by atoms with Gasteiger partial charge in [0, 0.05) is 12.1 Å². The number of hydrogen-bond donors (Lipinski definition) is 1. The molecule has 2 fully saturated rings. The largest absolute Gasteiger partial charge is 0.319 e. The molecular weight excluding hydrogens is 263 g/mol. The normalized spacial score (nSPS) is 27.6. The lowest BCUT2D eigenvalue weighted by molar-refractivity contribution is 0.144. The number of halogens is 1. The van der Waals surface area contributed by atoms with Crippen LogP contribution in [0.2, 0.25) is 0 Å². The smallest absolute Gasteiger partial charge is 0.123 e. The highest BCUT2D eigenvalue weighted by atomic mass is 19.1. The predicted molar refractivity (Wildman–Crippen MR) is 84.9 cm³/mol. The first-order valence-electron chi connectivity index (χ1n) is 8.37. The quantitative estimate of drug-likeness (QED) is 0.910. The van der Waals surface area contributed by atoms with Crippen LogP contribution in [0, 0.1) is 18.7 Å². The molecule has 2 nitrogen and oxygen atoms in total. The van der Waals surface area contributed by atoms with E-state index in [9.17, 15) is 4.39 Å². The zero-order chi connectivity index (χ0) is 14.8. The Balaban J connectivity index is 1.98. The lowest BCUT2D eigenvalue weighted by atomic mass is 9.86. The average Bonchev–Trinajstić information content (AvgIpc) is 3.28. The summed E-state index contributed by atoms with van der Waals surface area (Å²) in [5.74, 6) is 0.484. The van der Waals surface area contributed by atoms with Crippen molar-refractivity contribution in [3.05, 3.63) is 35.1 Å². The summed E-state index contributed by atoms with van der Waals surface area (Å²) in [7, 11) is 2.03. The molecule has 1 aliphatic carbocycles. The van der Waals surface area contributed by atoms with Crippen LogP contribution in [0.3, 0.4) is 0 Å². The fourth-order valence-electron chi connectivity index (χ4n) is 3.92. The van der Waals surface area contributed by atoms with E-state index in [4.69, 9.17) is 0 Å². The van der Waals surface area contributed by atoms with Crippen molar-refractivity contribution in [2.24, 2.45) is 5.92 Å². The third-order valence-electron chi connectivity index (χ3n) is 5.09. The van der Waals surface area contributed by atoms with Gasteiger partial charge in [-0.1, -0.05) is 12.5 Å². The van der Waals surface area contributed by atoms with Crippen LogP contribution in [0.15, 0.2) is 18.2 Å². The van der Waals surface area contributed by atoms with E-state index in [2.05, 4.69) is 17.1 Å². The molecule has 0 radical (unpaired) electrons. The maximum absolute atomic E-state index is 13.8. The Labute approximate surface area is 127 Å². The molecule has 0 amide bonds. The molecule has 0 bridgehead atoms. The average molecular weight is 290 g/mol. The van der Waals surface area contributed by atoms with E-state index in [0.717, 1.165) is 12.6 Å². The SMILES string of the molecule is CNCC1CCCCN(C2CC2)C1c1cc(F)ccc1C. The standard InChI is InChI=1S/C18H27FN2/c1-13-6-7-15(19)11-17(13)18-14(12-20-2)5-3-4-10-21(18)16-8-9-16/h6-7,11,14,16,18,20H,3-5,8-10,12H2,1-2H3. The zero-order valence-electron chi connectivity index (χ0n) is 13.2. The lowest BCUT2D eigenvalue weighted by Crippen LogP contribution is -2.38. The maximum Gasteiger partial charge on any atom is 0.123 e. The molecule has 1 heterocycles. The fraction of sp³-hybridized carbons (Fsp3) is 0.667. The van der Waals surface area contributed by atoms with Gasteiger partial charge < -0.3 is 5.32 Å². The van der Waals surface area contributed by atoms with Gasteiger partial charge >= 0.3 is 0 Å². The molecule has 3 rings (SSSR count). The van der Waals surface area contributed by atoms with Gasteiger partial charge in [-0.05, 0) is 81.9 Å². The van der Waals surface area contributed by atoms with Crippen molar-refractivity contribution >= 4 is 0 Å². The van der Waals surface area contributed by atoms with Gasteiger partial charge in [-0.25, -0.2) is 4.39 Å². The van der Waals surface area contributed by atoms with Crippen LogP contribution < -0.4 is 5.32 Å². The molecular formula is C18H27FN2. The van der Waals surface area contributed by atoms with Crippen molar-refractivity contribution in [3.8, 4) is 0 Å².